The number of anilines is 1. The van der Waals surface area contributed by atoms with Crippen LogP contribution in [-0.2, 0) is 0 Å². The van der Waals surface area contributed by atoms with Crippen LogP contribution >= 0.6 is 11.6 Å². The second-order valence-corrected chi connectivity index (χ2v) is 3.76. The lowest BCUT2D eigenvalue weighted by Crippen LogP contribution is -2.12. The van der Waals surface area contributed by atoms with Gasteiger partial charge in [-0.1, -0.05) is 17.7 Å². The Morgan fingerprint density at radius 3 is 2.82 bits per heavy atom. The first-order valence-corrected chi connectivity index (χ1v) is 5.21. The van der Waals surface area contributed by atoms with Gasteiger partial charge < -0.3 is 5.32 Å². The van der Waals surface area contributed by atoms with Crippen LogP contribution < -0.4 is 5.32 Å². The number of hydrogen-bond acceptors (Lipinski definition) is 2. The highest BCUT2D eigenvalue weighted by atomic mass is 35.5. The summed E-state index contributed by atoms with van der Waals surface area (Å²) in [5.74, 6) is -0.567. The highest BCUT2D eigenvalue weighted by molar-refractivity contribution is 6.30. The molecule has 1 amide bonds. The minimum absolute atomic E-state index is 0.228. The number of carbonyl (C=O) groups excluding carboxylic acids is 1. The van der Waals surface area contributed by atoms with E-state index in [-0.39, 0.29) is 5.56 Å². The van der Waals surface area contributed by atoms with Crippen molar-refractivity contribution in [3.8, 4) is 0 Å². The van der Waals surface area contributed by atoms with Crippen molar-refractivity contribution in [3.63, 3.8) is 0 Å². The van der Waals surface area contributed by atoms with Gasteiger partial charge in [-0.15, -0.1) is 0 Å². The van der Waals surface area contributed by atoms with E-state index in [1.54, 1.807) is 6.07 Å². The lowest BCUT2D eigenvalue weighted by atomic mass is 10.2. The molecule has 0 aliphatic heterocycles. The van der Waals surface area contributed by atoms with E-state index in [2.05, 4.69) is 10.3 Å². The number of halogens is 2. The highest BCUT2D eigenvalue weighted by Crippen LogP contribution is 2.13. The first-order chi connectivity index (χ1) is 8.15. The number of benzene rings is 1. The summed E-state index contributed by atoms with van der Waals surface area (Å²) in [5.41, 5.74) is 0.228. The van der Waals surface area contributed by atoms with Crippen LogP contribution in [-0.4, -0.2) is 10.9 Å². The van der Waals surface area contributed by atoms with Gasteiger partial charge in [0.05, 0.1) is 0 Å². The van der Waals surface area contributed by atoms with E-state index in [0.717, 1.165) is 6.07 Å². The van der Waals surface area contributed by atoms with E-state index < -0.39 is 11.7 Å². The Kier molecular flexibility index (Phi) is 3.35. The van der Waals surface area contributed by atoms with Crippen LogP contribution in [0.4, 0.5) is 10.2 Å². The summed E-state index contributed by atoms with van der Waals surface area (Å²) in [6.07, 6.45) is 1.48. The largest absolute Gasteiger partial charge is 0.307 e. The predicted molar refractivity (Wildman–Crippen MR) is 63.6 cm³/mol. The Morgan fingerprint density at radius 2 is 2.12 bits per heavy atom. The van der Waals surface area contributed by atoms with Gasteiger partial charge >= 0.3 is 0 Å². The van der Waals surface area contributed by atoms with Gasteiger partial charge in [-0.05, 0) is 30.3 Å². The van der Waals surface area contributed by atoms with Gasteiger partial charge in [-0.3, -0.25) is 4.79 Å². The number of amides is 1. The zero-order chi connectivity index (χ0) is 12.3. The third kappa shape index (κ3) is 3.01. The molecule has 0 unspecified atom stereocenters. The standard InChI is InChI=1S/C12H8ClFN2O/c13-9-4-5-15-11(7-9)16-12(17)8-2-1-3-10(14)6-8/h1-7H,(H,15,16,17). The summed E-state index contributed by atoms with van der Waals surface area (Å²) in [5, 5.41) is 2.99. The van der Waals surface area contributed by atoms with Crippen molar-refractivity contribution in [2.24, 2.45) is 0 Å². The molecule has 1 aromatic carbocycles. The molecule has 0 saturated carbocycles. The lowest BCUT2D eigenvalue weighted by molar-refractivity contribution is 0.102. The maximum Gasteiger partial charge on any atom is 0.256 e. The first kappa shape index (κ1) is 11.5. The van der Waals surface area contributed by atoms with Crippen molar-refractivity contribution in [2.75, 3.05) is 5.32 Å². The van der Waals surface area contributed by atoms with Gasteiger partial charge in [0.25, 0.3) is 5.91 Å². The number of nitrogens with zero attached hydrogens (tertiary/aromatic N) is 1. The molecule has 2 aromatic rings. The van der Waals surface area contributed by atoms with Crippen LogP contribution in [0, 0.1) is 5.82 Å². The summed E-state index contributed by atoms with van der Waals surface area (Å²) < 4.78 is 12.9. The monoisotopic (exact) mass is 250 g/mol. The topological polar surface area (TPSA) is 42.0 Å². The quantitative estimate of drug-likeness (QED) is 0.890. The summed E-state index contributed by atoms with van der Waals surface area (Å²) in [6, 6.07) is 8.52. The molecule has 17 heavy (non-hydrogen) atoms. The molecule has 1 heterocycles. The smallest absolute Gasteiger partial charge is 0.256 e. The normalized spacial score (nSPS) is 10.0. The molecule has 0 aliphatic rings. The van der Waals surface area contributed by atoms with Crippen LogP contribution in [0.2, 0.25) is 5.02 Å². The molecule has 1 aromatic heterocycles. The zero-order valence-corrected chi connectivity index (χ0v) is 9.41. The zero-order valence-electron chi connectivity index (χ0n) is 8.65. The minimum atomic E-state index is -0.461. The first-order valence-electron chi connectivity index (χ1n) is 4.83. The van der Waals surface area contributed by atoms with E-state index in [0.29, 0.717) is 10.8 Å². The molecule has 0 aliphatic carbocycles. The van der Waals surface area contributed by atoms with E-state index in [9.17, 15) is 9.18 Å². The Morgan fingerprint density at radius 1 is 1.29 bits per heavy atom. The van der Waals surface area contributed by atoms with Crippen LogP contribution in [0.15, 0.2) is 42.6 Å². The molecule has 0 spiro atoms. The number of carbonyl (C=O) groups is 1. The molecular formula is C12H8ClFN2O. The minimum Gasteiger partial charge on any atom is -0.307 e. The summed E-state index contributed by atoms with van der Waals surface area (Å²) in [4.78, 5) is 15.6. The van der Waals surface area contributed by atoms with Crippen molar-refractivity contribution in [1.82, 2.24) is 4.98 Å². The van der Waals surface area contributed by atoms with Gasteiger partial charge in [0.2, 0.25) is 0 Å². The molecule has 0 saturated heterocycles. The van der Waals surface area contributed by atoms with Crippen LogP contribution in [0.25, 0.3) is 0 Å². The van der Waals surface area contributed by atoms with Crippen molar-refractivity contribution >= 4 is 23.3 Å². The molecular weight excluding hydrogens is 243 g/mol. The van der Waals surface area contributed by atoms with E-state index in [1.165, 1.54) is 30.5 Å². The lowest BCUT2D eigenvalue weighted by Gasteiger charge is -2.04. The number of nitrogens with one attached hydrogen (secondary N) is 1. The summed E-state index contributed by atoms with van der Waals surface area (Å²) in [6.45, 7) is 0. The Balaban J connectivity index is 2.17. The fourth-order valence-corrected chi connectivity index (χ4v) is 1.45. The molecule has 1 N–H and O–H groups in total. The van der Waals surface area contributed by atoms with E-state index >= 15 is 0 Å². The number of rotatable bonds is 2. The number of pyridine rings is 1. The van der Waals surface area contributed by atoms with Crippen LogP contribution in [0.3, 0.4) is 0 Å². The molecule has 86 valence electrons. The maximum absolute atomic E-state index is 12.9. The van der Waals surface area contributed by atoms with Crippen LogP contribution in [0.1, 0.15) is 10.4 Å². The van der Waals surface area contributed by atoms with Gasteiger partial charge in [0.15, 0.2) is 0 Å². The summed E-state index contributed by atoms with van der Waals surface area (Å²) in [7, 11) is 0. The second-order valence-electron chi connectivity index (χ2n) is 3.32. The number of hydrogen-bond donors (Lipinski definition) is 1. The van der Waals surface area contributed by atoms with Crippen LogP contribution in [0.5, 0.6) is 0 Å². The molecule has 0 atom stereocenters. The average molecular weight is 251 g/mol. The Bertz CT molecular complexity index is 560. The number of aromatic nitrogens is 1. The predicted octanol–water partition coefficient (Wildman–Crippen LogP) is 3.13. The molecule has 0 bridgehead atoms. The van der Waals surface area contributed by atoms with Crippen molar-refractivity contribution in [3.05, 3.63) is 59.0 Å². The molecule has 0 radical (unpaired) electrons. The fraction of sp³-hybridized carbons (Fsp3) is 0. The van der Waals surface area contributed by atoms with Gasteiger partial charge in [0.1, 0.15) is 11.6 Å². The average Bonchev–Trinajstić information content (AvgIpc) is 2.29. The van der Waals surface area contributed by atoms with Gasteiger partial charge in [-0.25, -0.2) is 9.37 Å². The molecule has 2 rings (SSSR count). The fourth-order valence-electron chi connectivity index (χ4n) is 1.29. The highest BCUT2D eigenvalue weighted by Gasteiger charge is 2.07. The van der Waals surface area contributed by atoms with E-state index in [1.807, 2.05) is 0 Å². The third-order valence-electron chi connectivity index (χ3n) is 2.05. The Hall–Kier alpha value is -1.94. The van der Waals surface area contributed by atoms with E-state index in [4.69, 9.17) is 11.6 Å². The van der Waals surface area contributed by atoms with Crippen molar-refractivity contribution < 1.29 is 9.18 Å². The Labute approximate surface area is 102 Å². The SMILES string of the molecule is O=C(Nc1cc(Cl)ccn1)c1cccc(F)c1. The van der Waals surface area contributed by atoms with Gasteiger partial charge in [-0.2, -0.15) is 0 Å². The molecule has 5 heteroatoms. The van der Waals surface area contributed by atoms with Gasteiger partial charge in [0, 0.05) is 16.8 Å². The van der Waals surface area contributed by atoms with Crippen molar-refractivity contribution in [2.45, 2.75) is 0 Å². The maximum atomic E-state index is 12.9. The van der Waals surface area contributed by atoms with Crippen molar-refractivity contribution in [1.29, 1.82) is 0 Å². The summed E-state index contributed by atoms with van der Waals surface area (Å²) >= 11 is 5.75. The molecule has 0 fully saturated rings. The molecule has 3 nitrogen and oxygen atoms in total. The second kappa shape index (κ2) is 4.93. The third-order valence-corrected chi connectivity index (χ3v) is 2.29.